The first-order valence-electron chi connectivity index (χ1n) is 13.3. The van der Waals surface area contributed by atoms with Crippen LogP contribution in [0.5, 0.6) is 0 Å². The number of aromatic nitrogens is 3. The van der Waals surface area contributed by atoms with Crippen molar-refractivity contribution in [2.24, 2.45) is 0 Å². The van der Waals surface area contributed by atoms with Crippen LogP contribution >= 0.6 is 0 Å². The highest BCUT2D eigenvalue weighted by atomic mass is 19.1. The molecule has 3 aromatic rings. The lowest BCUT2D eigenvalue weighted by atomic mass is 9.94. The number of hydrogen-bond acceptors (Lipinski definition) is 5. The summed E-state index contributed by atoms with van der Waals surface area (Å²) >= 11 is 0. The molecular weight excluding hydrogens is 451 g/mol. The minimum atomic E-state index is -0.230. The summed E-state index contributed by atoms with van der Waals surface area (Å²) in [5.74, 6) is 1.40. The van der Waals surface area contributed by atoms with E-state index in [0.717, 1.165) is 91.4 Å². The Labute approximate surface area is 212 Å². The zero-order valence-corrected chi connectivity index (χ0v) is 21.1. The number of nitrogens with one attached hydrogen (secondary N) is 1. The molecule has 1 unspecified atom stereocenters. The molecule has 1 aliphatic carbocycles. The largest absolute Gasteiger partial charge is 0.387 e. The number of aryl methyl sites for hydroxylation is 1. The third kappa shape index (κ3) is 4.36. The van der Waals surface area contributed by atoms with Gasteiger partial charge in [0.1, 0.15) is 11.6 Å². The van der Waals surface area contributed by atoms with Crippen molar-refractivity contribution in [2.45, 2.75) is 56.9 Å². The van der Waals surface area contributed by atoms with Gasteiger partial charge in [0.05, 0.1) is 11.7 Å². The maximum absolute atomic E-state index is 14.4. The predicted octanol–water partition coefficient (Wildman–Crippen LogP) is 5.43. The quantitative estimate of drug-likeness (QED) is 0.497. The molecule has 0 amide bonds. The van der Waals surface area contributed by atoms with Crippen molar-refractivity contribution in [1.82, 2.24) is 24.8 Å². The van der Waals surface area contributed by atoms with Crippen LogP contribution in [-0.4, -0.2) is 46.2 Å². The van der Waals surface area contributed by atoms with Gasteiger partial charge in [0.15, 0.2) is 5.65 Å². The van der Waals surface area contributed by atoms with Gasteiger partial charge in [-0.3, -0.25) is 0 Å². The molecule has 6 rings (SSSR count). The summed E-state index contributed by atoms with van der Waals surface area (Å²) in [4.78, 5) is 9.63. The second-order valence-corrected chi connectivity index (χ2v) is 10.6. The van der Waals surface area contributed by atoms with Gasteiger partial charge in [-0.2, -0.15) is 9.61 Å². The minimum Gasteiger partial charge on any atom is -0.387 e. The van der Waals surface area contributed by atoms with E-state index in [0.29, 0.717) is 5.92 Å². The van der Waals surface area contributed by atoms with Crippen LogP contribution in [0.2, 0.25) is 0 Å². The smallest absolute Gasteiger partial charge is 0.157 e. The molecule has 0 radical (unpaired) electrons. The number of fused-ring (bicyclic) bond motifs is 4. The van der Waals surface area contributed by atoms with Gasteiger partial charge in [-0.15, -0.1) is 0 Å². The number of benzene rings is 1. The molecule has 1 N–H and O–H groups in total. The van der Waals surface area contributed by atoms with E-state index in [1.54, 1.807) is 12.1 Å². The van der Waals surface area contributed by atoms with Gasteiger partial charge in [0.25, 0.3) is 0 Å². The van der Waals surface area contributed by atoms with Gasteiger partial charge in [0.2, 0.25) is 0 Å². The lowest BCUT2D eigenvalue weighted by molar-refractivity contribution is 0.226. The Balaban J connectivity index is 1.47. The summed E-state index contributed by atoms with van der Waals surface area (Å²) in [5, 5.41) is 8.61. The molecule has 6 nitrogen and oxygen atoms in total. The summed E-state index contributed by atoms with van der Waals surface area (Å²) in [7, 11) is 2.12. The third-order valence-corrected chi connectivity index (χ3v) is 7.93. The van der Waals surface area contributed by atoms with Gasteiger partial charge in [-0.1, -0.05) is 19.2 Å². The first-order chi connectivity index (χ1) is 17.5. The fourth-order valence-electron chi connectivity index (χ4n) is 5.66. The standard InChI is InChI=1S/C29H35FN6/c1-19-7-8-21-11-12-23(30)16-24(21)20(2)35-14-5-4-6-27(35)26-17-28-32-25(22-9-10-22)18-29(36(28)33-26)34(3)15-13-31-19/h11-12,16-18,22,27,31H,1-2,4-10,13-15H2,3H3. The third-order valence-electron chi connectivity index (χ3n) is 7.93. The van der Waals surface area contributed by atoms with Crippen molar-refractivity contribution in [3.63, 3.8) is 0 Å². The topological polar surface area (TPSA) is 48.7 Å². The van der Waals surface area contributed by atoms with Crippen LogP contribution in [-0.2, 0) is 6.42 Å². The normalized spacial score (nSPS) is 21.4. The summed E-state index contributed by atoms with van der Waals surface area (Å²) in [5.41, 5.74) is 6.95. The number of nitrogens with zero attached hydrogens (tertiary/aromatic N) is 5. The highest BCUT2D eigenvalue weighted by molar-refractivity contribution is 5.66. The maximum Gasteiger partial charge on any atom is 0.157 e. The van der Waals surface area contributed by atoms with Crippen molar-refractivity contribution in [1.29, 1.82) is 0 Å². The van der Waals surface area contributed by atoms with Crippen molar-refractivity contribution in [3.05, 3.63) is 77.5 Å². The highest BCUT2D eigenvalue weighted by Gasteiger charge is 2.31. The van der Waals surface area contributed by atoms with Crippen molar-refractivity contribution >= 4 is 17.2 Å². The fourth-order valence-corrected chi connectivity index (χ4v) is 5.66. The number of halogens is 1. The van der Waals surface area contributed by atoms with Crippen LogP contribution < -0.4 is 10.2 Å². The van der Waals surface area contributed by atoms with E-state index in [9.17, 15) is 4.39 Å². The number of anilines is 1. The Hall–Kier alpha value is -3.35. The SMILES string of the molecule is C=C1CCc2ccc(F)cc2C(=C)N2CCCCC2c2cc3nc(C4CC4)cc(n3n2)N(C)CCN1. The molecule has 1 atom stereocenters. The van der Waals surface area contributed by atoms with E-state index in [2.05, 4.69) is 47.5 Å². The average molecular weight is 487 g/mol. The lowest BCUT2D eigenvalue weighted by Gasteiger charge is -2.38. The zero-order chi connectivity index (χ0) is 24.8. The molecule has 188 valence electrons. The Bertz CT molecular complexity index is 1320. The minimum absolute atomic E-state index is 0.0936. The molecule has 0 spiro atoms. The van der Waals surface area contributed by atoms with Crippen LogP contribution in [0.3, 0.4) is 0 Å². The molecule has 2 fully saturated rings. The molecule has 1 aromatic carbocycles. The molecule has 2 aliphatic heterocycles. The highest BCUT2D eigenvalue weighted by Crippen LogP contribution is 2.41. The van der Waals surface area contributed by atoms with Crippen molar-refractivity contribution < 1.29 is 4.39 Å². The van der Waals surface area contributed by atoms with Crippen molar-refractivity contribution in [3.8, 4) is 0 Å². The second-order valence-electron chi connectivity index (χ2n) is 10.6. The van der Waals surface area contributed by atoms with Gasteiger partial charge < -0.3 is 15.1 Å². The number of hydrogen-bond donors (Lipinski definition) is 1. The van der Waals surface area contributed by atoms with Crippen LogP contribution in [0, 0.1) is 5.82 Å². The molecule has 2 bridgehead atoms. The number of rotatable bonds is 1. The Morgan fingerprint density at radius 2 is 1.86 bits per heavy atom. The molecule has 7 heteroatoms. The molecule has 1 saturated heterocycles. The second kappa shape index (κ2) is 9.26. The fraction of sp³-hybridized carbons (Fsp3) is 0.448. The first-order valence-corrected chi connectivity index (χ1v) is 13.3. The van der Waals surface area contributed by atoms with E-state index in [-0.39, 0.29) is 11.9 Å². The molecular formula is C29H35FN6. The Morgan fingerprint density at radius 1 is 1.00 bits per heavy atom. The Kier molecular flexibility index (Phi) is 5.94. The summed E-state index contributed by atoms with van der Waals surface area (Å²) in [6.45, 7) is 11.2. The molecule has 3 aliphatic rings. The van der Waals surface area contributed by atoms with Crippen LogP contribution in [0.4, 0.5) is 10.2 Å². The summed E-state index contributed by atoms with van der Waals surface area (Å²) < 4.78 is 16.4. The first kappa shape index (κ1) is 23.1. The van der Waals surface area contributed by atoms with Crippen molar-refractivity contribution in [2.75, 3.05) is 31.6 Å². The maximum atomic E-state index is 14.4. The molecule has 1 saturated carbocycles. The molecule has 36 heavy (non-hydrogen) atoms. The van der Waals surface area contributed by atoms with Crippen LogP contribution in [0.1, 0.15) is 73.0 Å². The average Bonchev–Trinajstić information content (AvgIpc) is 3.65. The predicted molar refractivity (Wildman–Crippen MR) is 142 cm³/mol. The molecule has 4 heterocycles. The van der Waals surface area contributed by atoms with Gasteiger partial charge in [0, 0.05) is 67.4 Å². The van der Waals surface area contributed by atoms with E-state index in [1.165, 1.54) is 18.5 Å². The number of allylic oxidation sites excluding steroid dienone is 1. The zero-order valence-electron chi connectivity index (χ0n) is 21.1. The molecule has 2 aromatic heterocycles. The summed E-state index contributed by atoms with van der Waals surface area (Å²) in [6, 6.07) is 9.56. The summed E-state index contributed by atoms with van der Waals surface area (Å²) in [6.07, 6.45) is 7.22. The number of likely N-dealkylation sites (N-methyl/N-ethyl adjacent to an activating group) is 1. The van der Waals surface area contributed by atoms with Gasteiger partial charge in [-0.05, 0) is 62.6 Å². The van der Waals surface area contributed by atoms with E-state index in [4.69, 9.17) is 10.1 Å². The van der Waals surface area contributed by atoms with Crippen LogP contribution in [0.15, 0.2) is 49.2 Å². The van der Waals surface area contributed by atoms with E-state index < -0.39 is 0 Å². The monoisotopic (exact) mass is 486 g/mol. The van der Waals surface area contributed by atoms with Crippen LogP contribution in [0.25, 0.3) is 11.3 Å². The Morgan fingerprint density at radius 3 is 2.69 bits per heavy atom. The van der Waals surface area contributed by atoms with E-state index in [1.807, 2.05) is 10.6 Å². The van der Waals surface area contributed by atoms with Gasteiger partial charge >= 0.3 is 0 Å². The lowest BCUT2D eigenvalue weighted by Crippen LogP contribution is -2.33. The van der Waals surface area contributed by atoms with Gasteiger partial charge in [-0.25, -0.2) is 9.37 Å². The number of piperidine rings is 1. The van der Waals surface area contributed by atoms with E-state index >= 15 is 0 Å².